The molecule has 4 aromatic carbocycles. The first-order valence-electron chi connectivity index (χ1n) is 16.6. The molecule has 11 heteroatoms. The molecular formula is C40H39N3O7S. The van der Waals surface area contributed by atoms with Crippen molar-refractivity contribution < 1.29 is 33.6 Å². The number of thioether (sulfide) groups is 1. The fraction of sp³-hybridized carbons (Fsp3) is 0.250. The highest BCUT2D eigenvalue weighted by Crippen LogP contribution is 2.34. The molecule has 0 bridgehead atoms. The van der Waals surface area contributed by atoms with Crippen LogP contribution in [0.2, 0.25) is 0 Å². The quantitative estimate of drug-likeness (QED) is 0.0215. The van der Waals surface area contributed by atoms with Crippen molar-refractivity contribution >= 4 is 68.7 Å². The fourth-order valence-electron chi connectivity index (χ4n) is 5.41. The van der Waals surface area contributed by atoms with Crippen LogP contribution in [0.5, 0.6) is 0 Å². The van der Waals surface area contributed by atoms with Crippen molar-refractivity contribution in [2.24, 2.45) is 10.3 Å². The average Bonchev–Trinajstić information content (AvgIpc) is 3.46. The lowest BCUT2D eigenvalue weighted by molar-refractivity contribution is -0.143. The van der Waals surface area contributed by atoms with Gasteiger partial charge < -0.3 is 19.0 Å². The molecule has 0 aliphatic carbocycles. The number of esters is 1. The Bertz CT molecular complexity index is 2150. The maximum atomic E-state index is 13.8. The number of hydrogen-bond acceptors (Lipinski definition) is 10. The van der Waals surface area contributed by atoms with Gasteiger partial charge >= 0.3 is 17.9 Å². The number of fused-ring (bicyclic) bond motifs is 3. The predicted octanol–water partition coefficient (Wildman–Crippen LogP) is 8.41. The maximum absolute atomic E-state index is 13.8. The van der Waals surface area contributed by atoms with Crippen molar-refractivity contribution in [1.82, 2.24) is 4.57 Å². The Balaban J connectivity index is 1.47. The summed E-state index contributed by atoms with van der Waals surface area (Å²) in [6.07, 6.45) is 2.17. The summed E-state index contributed by atoms with van der Waals surface area (Å²) in [5.41, 5.74) is 6.36. The molecule has 0 fully saturated rings. The van der Waals surface area contributed by atoms with Crippen LogP contribution in [-0.4, -0.2) is 52.0 Å². The third-order valence-corrected chi connectivity index (χ3v) is 9.08. The summed E-state index contributed by atoms with van der Waals surface area (Å²) in [5, 5.41) is 9.60. The van der Waals surface area contributed by atoms with Crippen LogP contribution in [0.1, 0.15) is 80.9 Å². The van der Waals surface area contributed by atoms with Gasteiger partial charge in [0, 0.05) is 52.1 Å². The summed E-state index contributed by atoms with van der Waals surface area (Å²) in [7, 11) is 0. The molecule has 1 aromatic heterocycles. The van der Waals surface area contributed by atoms with Crippen molar-refractivity contribution in [2.75, 3.05) is 12.4 Å². The van der Waals surface area contributed by atoms with E-state index in [9.17, 15) is 19.2 Å². The van der Waals surface area contributed by atoms with E-state index in [1.54, 1.807) is 37.7 Å². The summed E-state index contributed by atoms with van der Waals surface area (Å²) >= 11 is 1.54. The number of ether oxygens (including phenoxy) is 1. The highest BCUT2D eigenvalue weighted by molar-refractivity contribution is 7.99. The summed E-state index contributed by atoms with van der Waals surface area (Å²) in [5.74, 6) is -0.733. The minimum absolute atomic E-state index is 0.121. The summed E-state index contributed by atoms with van der Waals surface area (Å²) in [4.78, 5) is 59.0. The van der Waals surface area contributed by atoms with E-state index < -0.39 is 11.9 Å². The van der Waals surface area contributed by atoms with Gasteiger partial charge in [0.15, 0.2) is 5.78 Å². The standard InChI is InChI=1S/C40H39N3O7S/c1-6-7-21-48-39(46)20-22-51-34-16-10-30(11-17-34)40(47)32-13-19-38-36(24-32)35-23-31(26(3)42-50-28(5)45)12-18-37(35)43(38)33-14-8-29(9-15-33)25(2)41-49-27(4)44/h8-19,23-24H,6-7,20-22H2,1-5H3. The van der Waals surface area contributed by atoms with Crippen LogP contribution in [0.15, 0.2) is 100 Å². The van der Waals surface area contributed by atoms with Crippen molar-refractivity contribution in [3.8, 4) is 5.69 Å². The molecular weight excluding hydrogens is 667 g/mol. The van der Waals surface area contributed by atoms with Crippen LogP contribution in [0.25, 0.3) is 27.5 Å². The second-order valence-corrected chi connectivity index (χ2v) is 13.1. The van der Waals surface area contributed by atoms with Crippen molar-refractivity contribution in [3.63, 3.8) is 0 Å². The minimum atomic E-state index is -0.513. The fourth-order valence-corrected chi connectivity index (χ4v) is 6.25. The zero-order valence-corrected chi connectivity index (χ0v) is 30.0. The summed E-state index contributed by atoms with van der Waals surface area (Å²) < 4.78 is 7.34. The Morgan fingerprint density at radius 1 is 0.667 bits per heavy atom. The molecule has 1 heterocycles. The van der Waals surface area contributed by atoms with Gasteiger partial charge in [0.05, 0.1) is 35.5 Å². The molecule has 5 aromatic rings. The number of carbonyl (C=O) groups excluding carboxylic acids is 4. The number of benzene rings is 4. The molecule has 51 heavy (non-hydrogen) atoms. The molecule has 0 spiro atoms. The molecule has 5 rings (SSSR count). The highest BCUT2D eigenvalue weighted by Gasteiger charge is 2.18. The van der Waals surface area contributed by atoms with Crippen LogP contribution in [0.4, 0.5) is 0 Å². The Morgan fingerprint density at radius 2 is 1.20 bits per heavy atom. The third-order valence-electron chi connectivity index (χ3n) is 8.06. The zero-order valence-electron chi connectivity index (χ0n) is 29.2. The lowest BCUT2D eigenvalue weighted by Gasteiger charge is -2.10. The number of carbonyl (C=O) groups is 4. The summed E-state index contributed by atoms with van der Waals surface area (Å²) in [6.45, 7) is 8.62. The molecule has 0 amide bonds. The lowest BCUT2D eigenvalue weighted by atomic mass is 10.0. The van der Waals surface area contributed by atoms with E-state index in [2.05, 4.69) is 21.8 Å². The highest BCUT2D eigenvalue weighted by atomic mass is 32.2. The second kappa shape index (κ2) is 16.9. The number of aromatic nitrogens is 1. The molecule has 0 unspecified atom stereocenters. The van der Waals surface area contributed by atoms with Crippen LogP contribution in [0, 0.1) is 0 Å². The van der Waals surface area contributed by atoms with Crippen LogP contribution in [-0.2, 0) is 28.8 Å². The molecule has 0 saturated heterocycles. The van der Waals surface area contributed by atoms with Crippen LogP contribution < -0.4 is 0 Å². The maximum Gasteiger partial charge on any atom is 0.331 e. The number of nitrogens with zero attached hydrogens (tertiary/aromatic N) is 3. The molecule has 0 radical (unpaired) electrons. The lowest BCUT2D eigenvalue weighted by Crippen LogP contribution is -2.06. The van der Waals surface area contributed by atoms with E-state index in [1.165, 1.54) is 13.8 Å². The minimum Gasteiger partial charge on any atom is -0.466 e. The number of oxime groups is 2. The van der Waals surface area contributed by atoms with Gasteiger partial charge in [0.2, 0.25) is 0 Å². The van der Waals surface area contributed by atoms with E-state index in [0.29, 0.717) is 41.3 Å². The van der Waals surface area contributed by atoms with E-state index in [1.807, 2.05) is 72.8 Å². The Labute approximate surface area is 300 Å². The molecule has 262 valence electrons. The number of unbranched alkanes of at least 4 members (excludes halogenated alkanes) is 1. The molecule has 0 saturated carbocycles. The Kier molecular flexibility index (Phi) is 12.2. The van der Waals surface area contributed by atoms with E-state index in [0.717, 1.165) is 56.4 Å². The van der Waals surface area contributed by atoms with Gasteiger partial charge in [-0.1, -0.05) is 41.9 Å². The van der Waals surface area contributed by atoms with Crippen LogP contribution in [0.3, 0.4) is 0 Å². The predicted molar refractivity (Wildman–Crippen MR) is 200 cm³/mol. The Morgan fingerprint density at radius 3 is 1.78 bits per heavy atom. The van der Waals surface area contributed by atoms with Gasteiger partial charge in [-0.25, -0.2) is 9.59 Å². The molecule has 0 aliphatic rings. The first-order valence-corrected chi connectivity index (χ1v) is 17.6. The van der Waals surface area contributed by atoms with Gasteiger partial charge in [-0.2, -0.15) is 0 Å². The molecule has 0 N–H and O–H groups in total. The number of ketones is 1. The topological polar surface area (TPSA) is 126 Å². The monoisotopic (exact) mass is 705 g/mol. The van der Waals surface area contributed by atoms with Crippen molar-refractivity contribution in [3.05, 3.63) is 107 Å². The first kappa shape index (κ1) is 36.7. The van der Waals surface area contributed by atoms with E-state index in [-0.39, 0.29) is 11.8 Å². The third kappa shape index (κ3) is 9.17. The molecule has 10 nitrogen and oxygen atoms in total. The van der Waals surface area contributed by atoms with Gasteiger partial charge in [-0.3, -0.25) is 9.59 Å². The van der Waals surface area contributed by atoms with Gasteiger partial charge in [0.1, 0.15) is 0 Å². The zero-order chi connectivity index (χ0) is 36.5. The SMILES string of the molecule is CCCCOC(=O)CCSc1ccc(C(=O)c2ccc3c(c2)c2cc(C(C)=NOC(C)=O)ccc2n3-c2ccc(C(C)=NOC(C)=O)cc2)cc1. The molecule has 0 atom stereocenters. The van der Waals surface area contributed by atoms with E-state index >= 15 is 0 Å². The molecule has 0 aliphatic heterocycles. The van der Waals surface area contributed by atoms with Crippen LogP contribution >= 0.6 is 11.8 Å². The average molecular weight is 706 g/mol. The summed E-state index contributed by atoms with van der Waals surface area (Å²) in [6, 6.07) is 26.6. The van der Waals surface area contributed by atoms with Gasteiger partial charge in [-0.15, -0.1) is 11.8 Å². The van der Waals surface area contributed by atoms with Crippen molar-refractivity contribution in [2.45, 2.75) is 58.8 Å². The smallest absolute Gasteiger partial charge is 0.331 e. The number of rotatable bonds is 14. The normalized spacial score (nSPS) is 11.9. The van der Waals surface area contributed by atoms with Crippen molar-refractivity contribution in [1.29, 1.82) is 0 Å². The first-order chi connectivity index (χ1) is 24.5. The van der Waals surface area contributed by atoms with Gasteiger partial charge in [-0.05, 0) is 98.1 Å². The van der Waals surface area contributed by atoms with Gasteiger partial charge in [0.25, 0.3) is 0 Å². The second-order valence-electron chi connectivity index (χ2n) is 11.9. The number of hydrogen-bond donors (Lipinski definition) is 0. The largest absolute Gasteiger partial charge is 0.466 e. The Hall–Kier alpha value is -5.55. The van der Waals surface area contributed by atoms with E-state index in [4.69, 9.17) is 14.4 Å².